The Morgan fingerprint density at radius 3 is 2.35 bits per heavy atom. The topological polar surface area (TPSA) is 57.7 Å². The van der Waals surface area contributed by atoms with E-state index in [0.29, 0.717) is 23.8 Å². The molecule has 0 spiro atoms. The van der Waals surface area contributed by atoms with Crippen LogP contribution in [0.4, 0.5) is 5.69 Å². The largest absolute Gasteiger partial charge is 0.337 e. The van der Waals surface area contributed by atoms with E-state index >= 15 is 0 Å². The summed E-state index contributed by atoms with van der Waals surface area (Å²) in [4.78, 5) is 14.4. The number of benzene rings is 2. The molecule has 0 aliphatic heterocycles. The summed E-state index contributed by atoms with van der Waals surface area (Å²) < 4.78 is 25.7. The lowest BCUT2D eigenvalue weighted by Crippen LogP contribution is -2.42. The molecule has 0 saturated carbocycles. The minimum absolute atomic E-state index is 0.263. The minimum atomic E-state index is -3.64. The van der Waals surface area contributed by atoms with Gasteiger partial charge >= 0.3 is 0 Å². The van der Waals surface area contributed by atoms with Crippen molar-refractivity contribution in [1.29, 1.82) is 0 Å². The lowest BCUT2D eigenvalue weighted by atomic mass is 10.2. The highest BCUT2D eigenvalue weighted by Crippen LogP contribution is 2.26. The van der Waals surface area contributed by atoms with Crippen LogP contribution in [0.5, 0.6) is 0 Å². The molecule has 0 fully saturated rings. The molecule has 0 unspecified atom stereocenters. The molecule has 0 N–H and O–H groups in total. The minimum Gasteiger partial charge on any atom is -0.337 e. The number of aryl methyl sites for hydroxylation is 1. The van der Waals surface area contributed by atoms with Crippen molar-refractivity contribution in [1.82, 2.24) is 4.90 Å². The first kappa shape index (κ1) is 20.3. The summed E-state index contributed by atoms with van der Waals surface area (Å²) in [5.41, 5.74) is 2.15. The van der Waals surface area contributed by atoms with Crippen molar-refractivity contribution in [2.24, 2.45) is 0 Å². The quantitative estimate of drug-likeness (QED) is 0.722. The molecule has 5 nitrogen and oxygen atoms in total. The molecular formula is C19H23ClN2O3S. The van der Waals surface area contributed by atoms with E-state index in [1.165, 1.54) is 0 Å². The first-order valence-corrected chi connectivity index (χ1v) is 10.5. The predicted octanol–water partition coefficient (Wildman–Crippen LogP) is 3.46. The third-order valence-electron chi connectivity index (χ3n) is 4.07. The average molecular weight is 395 g/mol. The van der Waals surface area contributed by atoms with Gasteiger partial charge in [-0.2, -0.15) is 0 Å². The fourth-order valence-corrected chi connectivity index (χ4v) is 3.70. The second kappa shape index (κ2) is 8.56. The smallest absolute Gasteiger partial charge is 0.243 e. The maximum atomic E-state index is 12.8. The molecule has 2 aromatic rings. The number of hydrogen-bond donors (Lipinski definition) is 0. The van der Waals surface area contributed by atoms with Crippen LogP contribution in [0.25, 0.3) is 0 Å². The number of sulfonamides is 1. The van der Waals surface area contributed by atoms with E-state index in [-0.39, 0.29) is 12.5 Å². The van der Waals surface area contributed by atoms with Crippen molar-refractivity contribution < 1.29 is 13.2 Å². The summed E-state index contributed by atoms with van der Waals surface area (Å²) >= 11 is 6.03. The number of carbonyl (C=O) groups excluding carboxylic acids is 1. The van der Waals surface area contributed by atoms with Crippen molar-refractivity contribution in [2.75, 3.05) is 23.7 Å². The second-order valence-corrected chi connectivity index (χ2v) is 8.44. The predicted molar refractivity (Wildman–Crippen MR) is 106 cm³/mol. The van der Waals surface area contributed by atoms with Crippen molar-refractivity contribution in [3.05, 3.63) is 64.7 Å². The maximum absolute atomic E-state index is 12.8. The van der Waals surface area contributed by atoms with Gasteiger partial charge in [0.15, 0.2) is 0 Å². The van der Waals surface area contributed by atoms with Gasteiger partial charge in [-0.3, -0.25) is 9.10 Å². The Labute approximate surface area is 160 Å². The summed E-state index contributed by atoms with van der Waals surface area (Å²) in [5.74, 6) is -0.263. The van der Waals surface area contributed by atoms with Crippen LogP contribution in [0.1, 0.15) is 18.1 Å². The third kappa shape index (κ3) is 5.22. The Balaban J connectivity index is 2.27. The zero-order valence-electron chi connectivity index (χ0n) is 15.1. The van der Waals surface area contributed by atoms with Crippen LogP contribution in [0, 0.1) is 6.92 Å². The molecule has 1 amide bonds. The Bertz CT molecular complexity index is 870. The zero-order valence-corrected chi connectivity index (χ0v) is 16.7. The van der Waals surface area contributed by atoms with Crippen LogP contribution < -0.4 is 4.31 Å². The van der Waals surface area contributed by atoms with Crippen LogP contribution in [-0.2, 0) is 21.4 Å². The molecule has 0 aromatic heterocycles. The van der Waals surface area contributed by atoms with Gasteiger partial charge in [-0.05, 0) is 37.1 Å². The van der Waals surface area contributed by atoms with Crippen LogP contribution in [0.15, 0.2) is 48.5 Å². The Morgan fingerprint density at radius 1 is 1.12 bits per heavy atom. The zero-order chi connectivity index (χ0) is 19.3. The van der Waals surface area contributed by atoms with Gasteiger partial charge in [-0.15, -0.1) is 0 Å². The van der Waals surface area contributed by atoms with Gasteiger partial charge in [-0.1, -0.05) is 48.0 Å². The van der Waals surface area contributed by atoms with Gasteiger partial charge in [0.2, 0.25) is 15.9 Å². The molecule has 26 heavy (non-hydrogen) atoms. The van der Waals surface area contributed by atoms with Gasteiger partial charge in [-0.25, -0.2) is 8.42 Å². The average Bonchev–Trinajstić information content (AvgIpc) is 2.59. The Kier molecular flexibility index (Phi) is 6.67. The Hall–Kier alpha value is -2.05. The van der Waals surface area contributed by atoms with E-state index in [9.17, 15) is 13.2 Å². The van der Waals surface area contributed by atoms with E-state index in [1.54, 1.807) is 30.0 Å². The Morgan fingerprint density at radius 2 is 1.77 bits per heavy atom. The molecule has 0 heterocycles. The summed E-state index contributed by atoms with van der Waals surface area (Å²) in [6.45, 7) is 4.31. The number of nitrogens with zero attached hydrogens (tertiary/aromatic N) is 2. The molecule has 2 rings (SSSR count). The molecule has 0 aliphatic carbocycles. The number of rotatable bonds is 7. The molecule has 0 aliphatic rings. The van der Waals surface area contributed by atoms with Crippen LogP contribution in [0.3, 0.4) is 0 Å². The van der Waals surface area contributed by atoms with Gasteiger partial charge in [0.1, 0.15) is 6.54 Å². The highest BCUT2D eigenvalue weighted by molar-refractivity contribution is 7.92. The SMILES string of the molecule is CCN(Cc1ccccc1)C(=O)CN(c1cc(Cl)ccc1C)S(C)(=O)=O. The standard InChI is InChI=1S/C19H23ClN2O3S/c1-4-21(13-16-8-6-5-7-9-16)19(23)14-22(26(3,24)25)18-12-17(20)11-10-15(18)2/h5-12H,4,13-14H2,1-3H3. The highest BCUT2D eigenvalue weighted by Gasteiger charge is 2.25. The van der Waals surface area contributed by atoms with Gasteiger partial charge < -0.3 is 4.90 Å². The van der Waals surface area contributed by atoms with Crippen molar-refractivity contribution in [2.45, 2.75) is 20.4 Å². The number of amides is 1. The molecule has 0 saturated heterocycles. The number of anilines is 1. The van der Waals surface area contributed by atoms with E-state index in [2.05, 4.69) is 0 Å². The van der Waals surface area contributed by atoms with Crippen molar-refractivity contribution in [3.63, 3.8) is 0 Å². The fraction of sp³-hybridized carbons (Fsp3) is 0.316. The summed E-state index contributed by atoms with van der Waals surface area (Å²) in [6, 6.07) is 14.6. The van der Waals surface area contributed by atoms with Crippen LogP contribution in [-0.4, -0.2) is 38.6 Å². The van der Waals surface area contributed by atoms with Gasteiger partial charge in [0.25, 0.3) is 0 Å². The molecule has 140 valence electrons. The number of hydrogen-bond acceptors (Lipinski definition) is 3. The van der Waals surface area contributed by atoms with Gasteiger partial charge in [0.05, 0.1) is 11.9 Å². The molecular weight excluding hydrogens is 372 g/mol. The van der Waals surface area contributed by atoms with Crippen LogP contribution >= 0.6 is 11.6 Å². The lowest BCUT2D eigenvalue weighted by Gasteiger charge is -2.28. The van der Waals surface area contributed by atoms with Crippen LogP contribution in [0.2, 0.25) is 5.02 Å². The number of likely N-dealkylation sites (N-methyl/N-ethyl adjacent to an activating group) is 1. The first-order valence-electron chi connectivity index (χ1n) is 8.28. The third-order valence-corrected chi connectivity index (χ3v) is 5.43. The number of halogens is 1. The highest BCUT2D eigenvalue weighted by atomic mass is 35.5. The molecule has 7 heteroatoms. The summed E-state index contributed by atoms with van der Waals surface area (Å²) in [6.07, 6.45) is 1.09. The normalized spacial score (nSPS) is 11.2. The molecule has 2 aromatic carbocycles. The summed E-state index contributed by atoms with van der Waals surface area (Å²) in [7, 11) is -3.64. The summed E-state index contributed by atoms with van der Waals surface area (Å²) in [5, 5.41) is 0.420. The first-order chi connectivity index (χ1) is 12.2. The van der Waals surface area contributed by atoms with Crippen molar-refractivity contribution in [3.8, 4) is 0 Å². The molecule has 0 atom stereocenters. The second-order valence-electron chi connectivity index (χ2n) is 6.09. The molecule has 0 bridgehead atoms. The van der Waals surface area contributed by atoms with E-state index in [4.69, 9.17) is 11.6 Å². The lowest BCUT2D eigenvalue weighted by molar-refractivity contribution is -0.129. The van der Waals surface area contributed by atoms with Crippen molar-refractivity contribution >= 4 is 33.2 Å². The molecule has 0 radical (unpaired) electrons. The van der Waals surface area contributed by atoms with E-state index in [0.717, 1.165) is 21.7 Å². The monoisotopic (exact) mass is 394 g/mol. The van der Waals surface area contributed by atoms with E-state index in [1.807, 2.05) is 37.3 Å². The van der Waals surface area contributed by atoms with Gasteiger partial charge in [0, 0.05) is 18.1 Å². The fourth-order valence-electron chi connectivity index (χ4n) is 2.64. The number of carbonyl (C=O) groups is 1. The maximum Gasteiger partial charge on any atom is 0.243 e. The van der Waals surface area contributed by atoms with E-state index < -0.39 is 10.0 Å².